The molecule has 2 atom stereocenters. The smallest absolute Gasteiger partial charge is 0.410 e. The number of carbonyl (C=O) groups is 4. The van der Waals surface area contributed by atoms with Gasteiger partial charge in [-0.3, -0.25) is 4.79 Å². The van der Waals surface area contributed by atoms with Gasteiger partial charge in [-0.1, -0.05) is 112 Å². The van der Waals surface area contributed by atoms with Gasteiger partial charge >= 0.3 is 18.2 Å². The van der Waals surface area contributed by atoms with Crippen LogP contribution in [-0.2, 0) is 29.5 Å². The molecule has 0 unspecified atom stereocenters. The second-order valence-corrected chi connectivity index (χ2v) is 37.0. The minimum absolute atomic E-state index is 0.0259. The number of amides is 3. The highest BCUT2D eigenvalue weighted by Gasteiger charge is 2.45. The quantitative estimate of drug-likeness (QED) is 0.0215. The SMILES string of the molecule is CC(C)(C)OC(=O)N1C[C@@H](CCCNc2cccc(S(=O)(=O)NC(=O)c3ccc(-n4ccc(OCCC(C5CCC5)C5CCC5)n4)nc3Cl)n2)CC1(C)C.CC(C)(C)OC(=O)N1C[C@@H](CCCNc2cccc(S(N)(=O)=O)n2)CC1(C)C.O=C(O)c1ccc(-n2ccc(OCCC(C3CCC3)C3CCC3)n2)nc1Cl. The molecule has 12 rings (SSSR count). The summed E-state index contributed by atoms with van der Waals surface area (Å²) in [6.45, 7) is 23.2. The Hall–Kier alpha value is -7.86. The standard InChI is InChI=1S/C39H54ClN7O6S.C20H24ClN3O3.C19H32N4O4S/c1-38(2,3)53-37(49)46-25-26(24-39(46,4)5)10-9-21-41-31-15-8-16-34(42-31)54(50,51)45-36(48)30-17-18-32(43-35(30)40)47-22-19-33(44-47)52-23-20-29(27-11-6-12-27)28-13-7-14-28;21-19-16(20(25)26)7-8-17(22-19)24-11-9-18(23-24)27-12-10-15(13-3-1-4-13)14-5-2-6-14;1-18(2,3)27-17(24)23-13-14(12-19(23,4)5)8-7-11-21-15-9-6-10-16(22-15)28(20,25)26/h8,15-19,22,26-29H,6-7,9-14,20-21,23-25H2,1-5H3,(H,41,42)(H,45,48);7-9,11,13-15H,1-6,10,12H2,(H,25,26);6,9-10,14H,7-8,11-13H2,1-5H3,(H,21,22)(H2,20,25,26)/t26-;;14-/m0.0/s1. The number of carbonyl (C=O) groups excluding carboxylic acids is 3. The average molecular weight is 1590 g/mol. The molecule has 6 aliphatic rings. The third kappa shape index (κ3) is 23.4. The van der Waals surface area contributed by atoms with Crippen molar-refractivity contribution >= 4 is 78.9 Å². The summed E-state index contributed by atoms with van der Waals surface area (Å²) in [6.07, 6.45) is 26.6. The lowest BCUT2D eigenvalue weighted by Gasteiger charge is -2.42. The molecule has 6 N–H and O–H groups in total. The van der Waals surface area contributed by atoms with Gasteiger partial charge in [0.1, 0.15) is 33.1 Å². The molecular weight excluding hydrogens is 1480 g/mol. The molecule has 2 saturated heterocycles. The number of nitrogens with two attached hydrogens (primary N) is 1. The summed E-state index contributed by atoms with van der Waals surface area (Å²) in [5.74, 6) is 6.37. The van der Waals surface area contributed by atoms with Crippen molar-refractivity contribution in [1.29, 1.82) is 0 Å². The molecule has 6 aromatic heterocycles. The van der Waals surface area contributed by atoms with Crippen molar-refractivity contribution in [2.75, 3.05) is 50.0 Å². The van der Waals surface area contributed by atoms with Crippen molar-refractivity contribution in [2.24, 2.45) is 52.5 Å². The molecule has 0 aromatic carbocycles. The van der Waals surface area contributed by atoms with Crippen molar-refractivity contribution in [1.82, 2.24) is 54.0 Å². The molecule has 2 aliphatic heterocycles. The fourth-order valence-electron chi connectivity index (χ4n) is 15.5. The summed E-state index contributed by atoms with van der Waals surface area (Å²) in [6, 6.07) is 18.7. The molecule has 6 fully saturated rings. The predicted molar refractivity (Wildman–Crippen MR) is 416 cm³/mol. The number of rotatable bonds is 29. The molecule has 3 amide bonds. The first kappa shape index (κ1) is 83.6. The van der Waals surface area contributed by atoms with E-state index in [9.17, 15) is 36.0 Å². The number of halogens is 2. The number of ether oxygens (including phenoxy) is 4. The van der Waals surface area contributed by atoms with Gasteiger partial charge in [-0.15, -0.1) is 10.2 Å². The third-order valence-electron chi connectivity index (χ3n) is 21.7. The Kier molecular flexibility index (Phi) is 27.7. The van der Waals surface area contributed by atoms with Gasteiger partial charge in [-0.25, -0.2) is 62.0 Å². The molecule has 8 heterocycles. The van der Waals surface area contributed by atoms with Crippen LogP contribution in [0.4, 0.5) is 21.2 Å². The Morgan fingerprint density at radius 2 is 0.963 bits per heavy atom. The normalized spacial score (nSPS) is 18.7. The third-order valence-corrected chi connectivity index (χ3v) is 24.4. The Labute approximate surface area is 651 Å². The van der Waals surface area contributed by atoms with Crippen molar-refractivity contribution in [2.45, 2.75) is 230 Å². The van der Waals surface area contributed by atoms with Crippen molar-refractivity contribution in [3.8, 4) is 23.4 Å². The molecule has 0 bridgehead atoms. The number of anilines is 2. The van der Waals surface area contributed by atoms with Crippen LogP contribution in [0.3, 0.4) is 0 Å². The van der Waals surface area contributed by atoms with E-state index in [4.69, 9.17) is 52.4 Å². The summed E-state index contributed by atoms with van der Waals surface area (Å²) in [5, 5.41) is 28.6. The van der Waals surface area contributed by atoms with E-state index in [2.05, 4.69) is 73.2 Å². The molecule has 27 nitrogen and oxygen atoms in total. The lowest BCUT2D eigenvalue weighted by atomic mass is 9.63. The topological polar surface area (TPSA) is 350 Å². The molecular formula is C78H110Cl2N14O13S2. The maximum Gasteiger partial charge on any atom is 0.410 e. The lowest BCUT2D eigenvalue weighted by molar-refractivity contribution is 0.0118. The van der Waals surface area contributed by atoms with E-state index in [-0.39, 0.29) is 54.7 Å². The number of nitrogens with one attached hydrogen (secondary N) is 3. The molecule has 596 valence electrons. The predicted octanol–water partition coefficient (Wildman–Crippen LogP) is 15.2. The van der Waals surface area contributed by atoms with Crippen molar-refractivity contribution in [3.05, 3.63) is 107 Å². The molecule has 0 radical (unpaired) electrons. The van der Waals surface area contributed by atoms with Gasteiger partial charge in [0, 0.05) is 61.8 Å². The number of hydrogen-bond acceptors (Lipinski definition) is 20. The largest absolute Gasteiger partial charge is 0.478 e. The van der Waals surface area contributed by atoms with Gasteiger partial charge in [-0.2, -0.15) is 8.42 Å². The van der Waals surface area contributed by atoms with E-state index in [0.29, 0.717) is 86.3 Å². The second-order valence-electron chi connectivity index (χ2n) is 33.2. The number of carboxylic acid groups (broad SMARTS) is 1. The number of aromatic carboxylic acids is 1. The zero-order valence-electron chi connectivity index (χ0n) is 64.6. The molecule has 109 heavy (non-hydrogen) atoms. The van der Waals surface area contributed by atoms with Crippen LogP contribution in [0.15, 0.2) is 95.2 Å². The van der Waals surface area contributed by atoms with Gasteiger partial charge in [0.25, 0.3) is 26.0 Å². The van der Waals surface area contributed by atoms with E-state index in [1.807, 2.05) is 51.3 Å². The minimum Gasteiger partial charge on any atom is -0.478 e. The highest BCUT2D eigenvalue weighted by molar-refractivity contribution is 7.90. The zero-order chi connectivity index (χ0) is 78.6. The van der Waals surface area contributed by atoms with Gasteiger partial charge in [0.05, 0.1) is 24.3 Å². The summed E-state index contributed by atoms with van der Waals surface area (Å²) in [5.41, 5.74) is -1.73. The first-order valence-corrected chi connectivity index (χ1v) is 42.2. The van der Waals surface area contributed by atoms with Crippen LogP contribution in [0.5, 0.6) is 11.8 Å². The van der Waals surface area contributed by atoms with Crippen molar-refractivity contribution in [3.63, 3.8) is 0 Å². The van der Waals surface area contributed by atoms with E-state index < -0.39 is 43.1 Å². The number of pyridine rings is 4. The van der Waals surface area contributed by atoms with Crippen LogP contribution in [0.25, 0.3) is 11.6 Å². The van der Waals surface area contributed by atoms with Crippen LogP contribution in [0.1, 0.15) is 218 Å². The summed E-state index contributed by atoms with van der Waals surface area (Å²) >= 11 is 12.3. The fraction of sp³-hybridized carbons (Fsp3) is 0.615. The van der Waals surface area contributed by atoms with Crippen LogP contribution in [-0.4, -0.2) is 157 Å². The first-order chi connectivity index (χ1) is 51.5. The lowest BCUT2D eigenvalue weighted by Crippen LogP contribution is -2.45. The number of aromatic nitrogens is 8. The average Bonchev–Trinajstić information content (AvgIpc) is 1.74. The highest BCUT2D eigenvalue weighted by atomic mass is 35.5. The van der Waals surface area contributed by atoms with E-state index in [1.54, 1.807) is 59.5 Å². The van der Waals surface area contributed by atoms with Gasteiger partial charge < -0.3 is 44.5 Å². The van der Waals surface area contributed by atoms with Crippen molar-refractivity contribution < 1.29 is 60.1 Å². The molecule has 31 heteroatoms. The Bertz CT molecular complexity index is 4310. The number of hydrogen-bond donors (Lipinski definition) is 5. The Morgan fingerprint density at radius 1 is 0.569 bits per heavy atom. The second kappa shape index (κ2) is 36.1. The number of nitrogens with zero attached hydrogens (tertiary/aromatic N) is 10. The fourth-order valence-corrected chi connectivity index (χ4v) is 17.4. The van der Waals surface area contributed by atoms with E-state index in [0.717, 1.165) is 86.9 Å². The first-order valence-electron chi connectivity index (χ1n) is 38.4. The van der Waals surface area contributed by atoms with Crippen LogP contribution >= 0.6 is 23.2 Å². The van der Waals surface area contributed by atoms with E-state index >= 15 is 0 Å². The number of likely N-dealkylation sites (tertiary alicyclic amines) is 2. The van der Waals surface area contributed by atoms with Gasteiger partial charge in [-0.05, 0) is 216 Å². The molecule has 0 spiro atoms. The van der Waals surface area contributed by atoms with Gasteiger partial charge in [0.2, 0.25) is 11.8 Å². The highest BCUT2D eigenvalue weighted by Crippen LogP contribution is 2.48. The number of carboxylic acids is 1. The Balaban J connectivity index is 0.000000193. The summed E-state index contributed by atoms with van der Waals surface area (Å²) in [4.78, 5) is 69.6. The molecule has 6 aromatic rings. The summed E-state index contributed by atoms with van der Waals surface area (Å²) in [7, 11) is -8.14. The number of primary sulfonamides is 1. The molecule has 4 aliphatic carbocycles. The summed E-state index contributed by atoms with van der Waals surface area (Å²) < 4.78 is 77.3. The number of sulfonamides is 2. The van der Waals surface area contributed by atoms with Gasteiger partial charge in [0.15, 0.2) is 21.7 Å². The maximum atomic E-state index is 13.2. The molecule has 4 saturated carbocycles. The van der Waals surface area contributed by atoms with Crippen LogP contribution in [0.2, 0.25) is 10.3 Å². The van der Waals surface area contributed by atoms with Crippen LogP contribution in [0, 0.1) is 47.3 Å². The van der Waals surface area contributed by atoms with Crippen LogP contribution < -0.4 is 30.0 Å². The minimum atomic E-state index is -4.33. The monoisotopic (exact) mass is 1580 g/mol. The zero-order valence-corrected chi connectivity index (χ0v) is 67.7. The van der Waals surface area contributed by atoms with E-state index in [1.165, 1.54) is 112 Å². The Morgan fingerprint density at radius 3 is 1.33 bits per heavy atom. The maximum absolute atomic E-state index is 13.2.